The number of imidazole rings is 1. The van der Waals surface area contributed by atoms with E-state index in [0.717, 1.165) is 25.1 Å². The van der Waals surface area contributed by atoms with Crippen LogP contribution >= 0.6 is 0 Å². The van der Waals surface area contributed by atoms with E-state index >= 15 is 0 Å². The fourth-order valence-electron chi connectivity index (χ4n) is 2.87. The van der Waals surface area contributed by atoms with Gasteiger partial charge in [-0.2, -0.15) is 0 Å². The van der Waals surface area contributed by atoms with Gasteiger partial charge in [-0.25, -0.2) is 9.78 Å². The van der Waals surface area contributed by atoms with Gasteiger partial charge in [0.1, 0.15) is 5.60 Å². The quantitative estimate of drug-likeness (QED) is 0.781. The summed E-state index contributed by atoms with van der Waals surface area (Å²) in [5, 5.41) is 6.49. The second kappa shape index (κ2) is 7.63. The molecule has 6 nitrogen and oxygen atoms in total. The summed E-state index contributed by atoms with van der Waals surface area (Å²) in [7, 11) is 0. The summed E-state index contributed by atoms with van der Waals surface area (Å²) in [5.74, 6) is 0.448. The first-order valence-corrected chi connectivity index (χ1v) is 8.11. The first-order valence-electron chi connectivity index (χ1n) is 8.11. The van der Waals surface area contributed by atoms with Crippen molar-refractivity contribution in [3.8, 4) is 0 Å². The molecule has 0 aromatic carbocycles. The Balaban J connectivity index is 1.78. The van der Waals surface area contributed by atoms with Gasteiger partial charge in [-0.05, 0) is 39.5 Å². The van der Waals surface area contributed by atoms with Gasteiger partial charge in [0.2, 0.25) is 0 Å². The zero-order chi connectivity index (χ0) is 16.0. The maximum atomic E-state index is 11.8. The van der Waals surface area contributed by atoms with Crippen molar-refractivity contribution < 1.29 is 9.53 Å². The number of hydrogen-bond donors (Lipinski definition) is 3. The maximum Gasteiger partial charge on any atom is 0.407 e. The van der Waals surface area contributed by atoms with E-state index in [-0.39, 0.29) is 6.09 Å². The number of H-pyrrole nitrogens is 1. The van der Waals surface area contributed by atoms with Crippen LogP contribution in [0.3, 0.4) is 0 Å². The summed E-state index contributed by atoms with van der Waals surface area (Å²) >= 11 is 0. The number of nitrogens with one attached hydrogen (secondary N) is 3. The van der Waals surface area contributed by atoms with E-state index in [1.165, 1.54) is 12.8 Å². The summed E-state index contributed by atoms with van der Waals surface area (Å²) < 4.78 is 5.30. The predicted molar refractivity (Wildman–Crippen MR) is 85.4 cm³/mol. The Bertz CT molecular complexity index is 453. The molecular weight excluding hydrogens is 280 g/mol. The van der Waals surface area contributed by atoms with Crippen LogP contribution in [0.25, 0.3) is 0 Å². The molecule has 1 aliphatic rings. The minimum atomic E-state index is -0.449. The third kappa shape index (κ3) is 5.67. The Hall–Kier alpha value is -1.56. The van der Waals surface area contributed by atoms with Gasteiger partial charge >= 0.3 is 6.09 Å². The largest absolute Gasteiger partial charge is 0.444 e. The van der Waals surface area contributed by atoms with Crippen molar-refractivity contribution in [2.45, 2.75) is 64.6 Å². The van der Waals surface area contributed by atoms with E-state index in [1.807, 2.05) is 27.0 Å². The van der Waals surface area contributed by atoms with Crippen molar-refractivity contribution in [2.24, 2.45) is 5.92 Å². The van der Waals surface area contributed by atoms with Crippen LogP contribution in [0.1, 0.15) is 52.1 Å². The third-order valence-corrected chi connectivity index (χ3v) is 3.93. The lowest BCUT2D eigenvalue weighted by molar-refractivity contribution is 0.0510. The SMILES string of the molecule is CC(C)(C)OC(=O)NCC1CCCCC1NCc1cnc[nH]1. The molecule has 0 spiro atoms. The van der Waals surface area contributed by atoms with Crippen molar-refractivity contribution in [2.75, 3.05) is 6.54 Å². The number of aromatic amines is 1. The second-order valence-electron chi connectivity index (χ2n) is 6.99. The average molecular weight is 308 g/mol. The van der Waals surface area contributed by atoms with E-state index in [4.69, 9.17) is 4.74 Å². The highest BCUT2D eigenvalue weighted by Crippen LogP contribution is 2.24. The third-order valence-electron chi connectivity index (χ3n) is 3.93. The Morgan fingerprint density at radius 3 is 2.86 bits per heavy atom. The van der Waals surface area contributed by atoms with Crippen LogP contribution in [0.2, 0.25) is 0 Å². The van der Waals surface area contributed by atoms with Gasteiger partial charge in [0.05, 0.1) is 6.33 Å². The molecule has 1 saturated carbocycles. The molecule has 6 heteroatoms. The molecule has 2 rings (SSSR count). The lowest BCUT2D eigenvalue weighted by Gasteiger charge is -2.32. The fourth-order valence-corrected chi connectivity index (χ4v) is 2.87. The molecule has 22 heavy (non-hydrogen) atoms. The molecule has 2 atom stereocenters. The number of alkyl carbamates (subject to hydrolysis) is 1. The van der Waals surface area contributed by atoms with Gasteiger partial charge < -0.3 is 20.4 Å². The highest BCUT2D eigenvalue weighted by atomic mass is 16.6. The summed E-state index contributed by atoms with van der Waals surface area (Å²) in [6, 6.07) is 0.423. The number of carbonyl (C=O) groups is 1. The van der Waals surface area contributed by atoms with Gasteiger partial charge in [0.15, 0.2) is 0 Å². The summed E-state index contributed by atoms with van der Waals surface area (Å²) in [5.41, 5.74) is 0.638. The van der Waals surface area contributed by atoms with Gasteiger partial charge in [-0.3, -0.25) is 0 Å². The predicted octanol–water partition coefficient (Wildman–Crippen LogP) is 2.58. The van der Waals surface area contributed by atoms with Gasteiger partial charge in [-0.15, -0.1) is 0 Å². The molecule has 0 radical (unpaired) electrons. The highest BCUT2D eigenvalue weighted by Gasteiger charge is 2.26. The Morgan fingerprint density at radius 2 is 2.18 bits per heavy atom. The number of amides is 1. The minimum Gasteiger partial charge on any atom is -0.444 e. The Morgan fingerprint density at radius 1 is 1.41 bits per heavy atom. The van der Waals surface area contributed by atoms with Crippen LogP contribution in [-0.4, -0.2) is 34.2 Å². The van der Waals surface area contributed by atoms with Gasteiger partial charge in [-0.1, -0.05) is 12.8 Å². The van der Waals surface area contributed by atoms with Gasteiger partial charge in [0, 0.05) is 31.0 Å². The van der Waals surface area contributed by atoms with Crippen LogP contribution in [0.15, 0.2) is 12.5 Å². The first-order chi connectivity index (χ1) is 10.4. The zero-order valence-corrected chi connectivity index (χ0v) is 13.8. The smallest absolute Gasteiger partial charge is 0.407 e. The second-order valence-corrected chi connectivity index (χ2v) is 6.99. The molecule has 3 N–H and O–H groups in total. The fraction of sp³-hybridized carbons (Fsp3) is 0.750. The number of nitrogens with zero attached hydrogens (tertiary/aromatic N) is 1. The monoisotopic (exact) mass is 308 g/mol. The van der Waals surface area contributed by atoms with Crippen molar-refractivity contribution in [3.63, 3.8) is 0 Å². The lowest BCUT2D eigenvalue weighted by Crippen LogP contribution is -2.44. The van der Waals surface area contributed by atoms with Crippen molar-refractivity contribution >= 4 is 6.09 Å². The van der Waals surface area contributed by atoms with Crippen molar-refractivity contribution in [3.05, 3.63) is 18.2 Å². The Labute approximate surface area is 132 Å². The number of rotatable bonds is 5. The van der Waals surface area contributed by atoms with E-state index in [9.17, 15) is 4.79 Å². The molecular formula is C16H28N4O2. The lowest BCUT2D eigenvalue weighted by atomic mass is 9.84. The summed E-state index contributed by atoms with van der Waals surface area (Å²) in [6.07, 6.45) is 7.95. The van der Waals surface area contributed by atoms with E-state index in [1.54, 1.807) is 6.33 Å². The van der Waals surface area contributed by atoms with Crippen LogP contribution in [0.5, 0.6) is 0 Å². The molecule has 0 aliphatic heterocycles. The van der Waals surface area contributed by atoms with Crippen LogP contribution in [0.4, 0.5) is 4.79 Å². The van der Waals surface area contributed by atoms with Crippen LogP contribution in [-0.2, 0) is 11.3 Å². The van der Waals surface area contributed by atoms with Crippen LogP contribution < -0.4 is 10.6 Å². The summed E-state index contributed by atoms with van der Waals surface area (Å²) in [6.45, 7) is 7.08. The summed E-state index contributed by atoms with van der Waals surface area (Å²) in [4.78, 5) is 18.9. The normalized spacial score (nSPS) is 22.3. The number of carbonyl (C=O) groups excluding carboxylic acids is 1. The van der Waals surface area contributed by atoms with Crippen molar-refractivity contribution in [1.82, 2.24) is 20.6 Å². The number of aromatic nitrogens is 2. The molecule has 1 fully saturated rings. The Kier molecular flexibility index (Phi) is 5.83. The molecule has 1 aromatic rings. The van der Waals surface area contributed by atoms with E-state index < -0.39 is 5.60 Å². The minimum absolute atomic E-state index is 0.328. The molecule has 1 aromatic heterocycles. The zero-order valence-electron chi connectivity index (χ0n) is 13.8. The maximum absolute atomic E-state index is 11.8. The van der Waals surface area contributed by atoms with Gasteiger partial charge in [0.25, 0.3) is 0 Å². The first kappa shape index (κ1) is 16.8. The van der Waals surface area contributed by atoms with E-state index in [2.05, 4.69) is 20.6 Å². The molecule has 1 amide bonds. The van der Waals surface area contributed by atoms with Crippen LogP contribution in [0, 0.1) is 5.92 Å². The van der Waals surface area contributed by atoms with E-state index in [0.29, 0.717) is 18.5 Å². The number of hydrogen-bond acceptors (Lipinski definition) is 4. The molecule has 124 valence electrons. The highest BCUT2D eigenvalue weighted by molar-refractivity contribution is 5.67. The molecule has 2 unspecified atom stereocenters. The standard InChI is InChI=1S/C16H28N4O2/c1-16(2,3)22-15(21)19-8-12-6-4-5-7-14(12)18-10-13-9-17-11-20-13/h9,11-12,14,18H,4-8,10H2,1-3H3,(H,17,20)(H,19,21). The topological polar surface area (TPSA) is 79.0 Å². The molecule has 1 aliphatic carbocycles. The molecule has 0 saturated heterocycles. The number of ether oxygens (including phenoxy) is 1. The molecule has 0 bridgehead atoms. The molecule has 1 heterocycles. The average Bonchev–Trinajstić information content (AvgIpc) is 2.95. The van der Waals surface area contributed by atoms with Crippen molar-refractivity contribution in [1.29, 1.82) is 0 Å².